The van der Waals surface area contributed by atoms with Crippen LogP contribution in [-0.4, -0.2) is 75.1 Å². The second-order valence-electron chi connectivity index (χ2n) is 11.6. The van der Waals surface area contributed by atoms with E-state index in [9.17, 15) is 9.90 Å². The zero-order valence-electron chi connectivity index (χ0n) is 20.3. The standard InChI is InChI=1S/C18H42O7Si4/c1-26(2,3)21-13-14-15(23-27(4,5)6)16(24-28(7,8)9)18(20,17(19)22-14)25-29(10,11)12/h14-16,20H,13H2,1-12H3/t14-,15-,16+,18-/m1/s1. The fraction of sp³-hybridized carbons (Fsp3) is 0.944. The van der Waals surface area contributed by atoms with E-state index in [1.54, 1.807) is 0 Å². The first-order valence-electron chi connectivity index (χ1n) is 10.3. The molecule has 0 saturated carbocycles. The Morgan fingerprint density at radius 3 is 1.69 bits per heavy atom. The molecule has 172 valence electrons. The maximum atomic E-state index is 13.0. The maximum absolute atomic E-state index is 13.0. The van der Waals surface area contributed by atoms with Crippen molar-refractivity contribution in [1.82, 2.24) is 0 Å². The van der Waals surface area contributed by atoms with Crippen molar-refractivity contribution in [3.8, 4) is 0 Å². The van der Waals surface area contributed by atoms with E-state index in [1.165, 1.54) is 0 Å². The fourth-order valence-corrected chi connectivity index (χ4v) is 6.87. The van der Waals surface area contributed by atoms with Gasteiger partial charge in [-0.3, -0.25) is 0 Å². The second-order valence-corrected chi connectivity index (χ2v) is 29.5. The van der Waals surface area contributed by atoms with Gasteiger partial charge in [0.2, 0.25) is 0 Å². The largest absolute Gasteiger partial charge is 0.453 e. The molecule has 0 aliphatic carbocycles. The predicted molar refractivity (Wildman–Crippen MR) is 125 cm³/mol. The lowest BCUT2D eigenvalue weighted by Crippen LogP contribution is -2.71. The zero-order chi connectivity index (χ0) is 23.1. The highest BCUT2D eigenvalue weighted by molar-refractivity contribution is 6.71. The van der Waals surface area contributed by atoms with Gasteiger partial charge in [0, 0.05) is 0 Å². The summed E-state index contributed by atoms with van der Waals surface area (Å²) in [6.45, 7) is 24.4. The highest BCUT2D eigenvalue weighted by Crippen LogP contribution is 2.36. The summed E-state index contributed by atoms with van der Waals surface area (Å²) in [7, 11) is -8.42. The summed E-state index contributed by atoms with van der Waals surface area (Å²) in [6, 6.07) is 0. The average molecular weight is 483 g/mol. The fourth-order valence-electron chi connectivity index (χ4n) is 2.92. The van der Waals surface area contributed by atoms with E-state index < -0.39 is 63.3 Å². The minimum absolute atomic E-state index is 0.213. The quantitative estimate of drug-likeness (QED) is 0.304. The minimum atomic E-state index is -2.32. The van der Waals surface area contributed by atoms with E-state index in [2.05, 4.69) is 39.3 Å². The molecule has 0 aromatic carbocycles. The third-order valence-corrected chi connectivity index (χ3v) is 7.61. The Morgan fingerprint density at radius 2 is 1.31 bits per heavy atom. The van der Waals surface area contributed by atoms with Crippen molar-refractivity contribution in [2.24, 2.45) is 0 Å². The number of hydrogen-bond donors (Lipinski definition) is 1. The van der Waals surface area contributed by atoms with Gasteiger partial charge in [0.05, 0.1) is 6.61 Å². The van der Waals surface area contributed by atoms with Crippen LogP contribution in [0.25, 0.3) is 0 Å². The monoisotopic (exact) mass is 482 g/mol. The van der Waals surface area contributed by atoms with Gasteiger partial charge in [-0.25, -0.2) is 4.79 Å². The van der Waals surface area contributed by atoms with E-state index in [0.29, 0.717) is 0 Å². The molecule has 1 rings (SSSR count). The zero-order valence-corrected chi connectivity index (χ0v) is 24.3. The number of ether oxygens (including phenoxy) is 1. The summed E-state index contributed by atoms with van der Waals surface area (Å²) in [5.41, 5.74) is 0. The molecule has 1 N–H and O–H groups in total. The highest BCUT2D eigenvalue weighted by Gasteiger charge is 2.61. The van der Waals surface area contributed by atoms with Gasteiger partial charge in [0.15, 0.2) is 39.4 Å². The molecule has 1 heterocycles. The predicted octanol–water partition coefficient (Wildman–Crippen LogP) is 3.74. The molecule has 4 atom stereocenters. The number of hydrogen-bond acceptors (Lipinski definition) is 7. The molecule has 7 nitrogen and oxygen atoms in total. The molecule has 0 amide bonds. The molecule has 0 aromatic heterocycles. The highest BCUT2D eigenvalue weighted by atomic mass is 28.4. The van der Waals surface area contributed by atoms with Crippen LogP contribution in [0.2, 0.25) is 78.6 Å². The molecule has 0 unspecified atom stereocenters. The molecular weight excluding hydrogens is 441 g/mol. The van der Waals surface area contributed by atoms with Crippen LogP contribution in [0.5, 0.6) is 0 Å². The number of carbonyl (C=O) groups is 1. The lowest BCUT2D eigenvalue weighted by Gasteiger charge is -2.50. The Bertz CT molecular complexity index is 575. The van der Waals surface area contributed by atoms with Crippen LogP contribution in [0.3, 0.4) is 0 Å². The molecule has 0 spiro atoms. The van der Waals surface area contributed by atoms with Crippen molar-refractivity contribution in [3.05, 3.63) is 0 Å². The third kappa shape index (κ3) is 9.03. The lowest BCUT2D eigenvalue weighted by molar-refractivity contribution is -0.277. The van der Waals surface area contributed by atoms with Gasteiger partial charge in [-0.2, -0.15) is 0 Å². The van der Waals surface area contributed by atoms with Crippen LogP contribution in [0.1, 0.15) is 0 Å². The Kier molecular flexibility index (Phi) is 8.38. The molecule has 29 heavy (non-hydrogen) atoms. The van der Waals surface area contributed by atoms with Crippen molar-refractivity contribution in [2.45, 2.75) is 103 Å². The van der Waals surface area contributed by atoms with E-state index in [-0.39, 0.29) is 6.61 Å². The van der Waals surface area contributed by atoms with E-state index in [0.717, 1.165) is 0 Å². The Hall–Kier alpha value is 0.138. The first kappa shape index (κ1) is 27.2. The number of aliphatic hydroxyl groups is 1. The van der Waals surface area contributed by atoms with E-state index >= 15 is 0 Å². The first-order valence-corrected chi connectivity index (χ1v) is 23.9. The Labute approximate surface area is 180 Å². The molecule has 1 aliphatic rings. The van der Waals surface area contributed by atoms with Crippen LogP contribution >= 0.6 is 0 Å². The Balaban J connectivity index is 3.43. The van der Waals surface area contributed by atoms with Crippen molar-refractivity contribution in [3.63, 3.8) is 0 Å². The van der Waals surface area contributed by atoms with Gasteiger partial charge in [-0.05, 0) is 78.6 Å². The summed E-state index contributed by atoms with van der Waals surface area (Å²) in [5, 5.41) is 11.5. The number of carbonyl (C=O) groups excluding carboxylic acids is 1. The van der Waals surface area contributed by atoms with Crippen molar-refractivity contribution in [1.29, 1.82) is 0 Å². The average Bonchev–Trinajstić information content (AvgIpc) is 2.40. The van der Waals surface area contributed by atoms with Crippen LogP contribution in [-0.2, 0) is 27.2 Å². The van der Waals surface area contributed by atoms with Crippen LogP contribution < -0.4 is 0 Å². The molecule has 11 heteroatoms. The first-order chi connectivity index (χ1) is 12.6. The summed E-state index contributed by atoms with van der Waals surface area (Å²) in [6.07, 6.45) is -2.29. The topological polar surface area (TPSA) is 83.5 Å². The van der Waals surface area contributed by atoms with Crippen LogP contribution in [0.15, 0.2) is 0 Å². The SMILES string of the molecule is C[Si](C)(C)OC[C@H]1OC(=O)[C@](O)(O[Si](C)(C)C)[C@@H](O[Si](C)(C)C)[C@@H]1O[Si](C)(C)C. The number of rotatable bonds is 9. The molecule has 0 radical (unpaired) electrons. The molecule has 1 saturated heterocycles. The van der Waals surface area contributed by atoms with Gasteiger partial charge in [-0.1, -0.05) is 0 Å². The Morgan fingerprint density at radius 1 is 0.828 bits per heavy atom. The van der Waals surface area contributed by atoms with Crippen LogP contribution in [0, 0.1) is 0 Å². The third-order valence-electron chi connectivity index (χ3n) is 3.71. The van der Waals surface area contributed by atoms with Crippen molar-refractivity contribution >= 4 is 39.2 Å². The molecule has 0 bridgehead atoms. The molecule has 0 aromatic rings. The number of cyclic esters (lactones) is 1. The van der Waals surface area contributed by atoms with Gasteiger partial charge < -0.3 is 27.5 Å². The van der Waals surface area contributed by atoms with E-state index in [1.807, 2.05) is 39.3 Å². The van der Waals surface area contributed by atoms with Gasteiger partial charge in [-0.15, -0.1) is 0 Å². The van der Waals surface area contributed by atoms with Gasteiger partial charge >= 0.3 is 5.97 Å². The lowest BCUT2D eigenvalue weighted by atomic mass is 9.97. The molecule has 1 aliphatic heterocycles. The maximum Gasteiger partial charge on any atom is 0.369 e. The smallest absolute Gasteiger partial charge is 0.369 e. The summed E-state index contributed by atoms with van der Waals surface area (Å²) >= 11 is 0. The minimum Gasteiger partial charge on any atom is -0.453 e. The second kappa shape index (κ2) is 8.94. The summed E-state index contributed by atoms with van der Waals surface area (Å²) in [4.78, 5) is 13.0. The van der Waals surface area contributed by atoms with Crippen LogP contribution in [0.4, 0.5) is 0 Å². The van der Waals surface area contributed by atoms with Crippen molar-refractivity contribution in [2.75, 3.05) is 6.61 Å². The van der Waals surface area contributed by atoms with Gasteiger partial charge in [0.25, 0.3) is 5.79 Å². The van der Waals surface area contributed by atoms with Crippen molar-refractivity contribution < 1.29 is 32.3 Å². The van der Waals surface area contributed by atoms with E-state index in [4.69, 9.17) is 22.4 Å². The molecular formula is C18H42O7Si4. The molecule has 1 fully saturated rings. The van der Waals surface area contributed by atoms with Gasteiger partial charge in [0.1, 0.15) is 12.2 Å². The normalized spacial score (nSPS) is 29.7. The summed E-state index contributed by atoms with van der Waals surface area (Å²) < 4.78 is 30.5. The summed E-state index contributed by atoms with van der Waals surface area (Å²) in [5.74, 6) is -3.01. The number of esters is 1.